The van der Waals surface area contributed by atoms with Crippen molar-refractivity contribution in [2.45, 2.75) is 24.1 Å². The molecule has 0 heterocycles. The Bertz CT molecular complexity index is 296. The van der Waals surface area contributed by atoms with E-state index in [1.165, 1.54) is 0 Å². The maximum atomic E-state index is 11.2. The molecule has 76 valence electrons. The summed E-state index contributed by atoms with van der Waals surface area (Å²) >= 11 is 0. The van der Waals surface area contributed by atoms with E-state index in [-0.39, 0.29) is 11.8 Å². The normalized spacial score (nSPS) is 19.8. The van der Waals surface area contributed by atoms with Crippen LogP contribution in [0.3, 0.4) is 0 Å². The van der Waals surface area contributed by atoms with Gasteiger partial charge in [-0.25, -0.2) is 13.1 Å². The molecule has 0 aliphatic heterocycles. The van der Waals surface area contributed by atoms with Crippen molar-refractivity contribution in [1.82, 2.24) is 4.72 Å². The fourth-order valence-corrected chi connectivity index (χ4v) is 2.19. The van der Waals surface area contributed by atoms with Crippen LogP contribution in [0.1, 0.15) is 12.8 Å². The van der Waals surface area contributed by atoms with Gasteiger partial charge in [-0.3, -0.25) is 4.79 Å². The Kier molecular flexibility index (Phi) is 2.89. The van der Waals surface area contributed by atoms with Gasteiger partial charge in [-0.05, 0) is 12.8 Å². The van der Waals surface area contributed by atoms with Crippen molar-refractivity contribution >= 4 is 16.0 Å². The summed E-state index contributed by atoms with van der Waals surface area (Å²) in [5.74, 6) is -1.21. The predicted molar refractivity (Wildman–Crippen MR) is 45.6 cm³/mol. The van der Waals surface area contributed by atoms with Gasteiger partial charge in [-0.15, -0.1) is 0 Å². The number of rotatable bonds is 5. The highest BCUT2D eigenvalue weighted by Crippen LogP contribution is 2.27. The minimum absolute atomic E-state index is 0.242. The van der Waals surface area contributed by atoms with Crippen LogP contribution in [0.25, 0.3) is 0 Å². The Morgan fingerprint density at radius 3 is 2.54 bits per heavy atom. The molecule has 1 fully saturated rings. The summed E-state index contributed by atoms with van der Waals surface area (Å²) in [5, 5.41) is 8.03. The molecular weight excluding hydrogens is 196 g/mol. The summed E-state index contributed by atoms with van der Waals surface area (Å²) < 4.78 is 24.5. The van der Waals surface area contributed by atoms with Crippen LogP contribution in [0, 0.1) is 0 Å². The van der Waals surface area contributed by atoms with E-state index in [0.29, 0.717) is 12.8 Å². The van der Waals surface area contributed by atoms with Crippen molar-refractivity contribution < 1.29 is 18.3 Å². The van der Waals surface area contributed by atoms with Crippen LogP contribution in [0.2, 0.25) is 0 Å². The third-order valence-electron chi connectivity index (χ3n) is 1.78. The molecule has 0 bridgehead atoms. The molecule has 1 rings (SSSR count). The van der Waals surface area contributed by atoms with Crippen molar-refractivity contribution in [3.05, 3.63) is 0 Å². The average molecular weight is 208 g/mol. The summed E-state index contributed by atoms with van der Waals surface area (Å²) in [6, 6.07) is -1.17. The SMILES string of the molecule is N[C@@H](CNS(=O)(=O)C1CC1)C(=O)O. The van der Waals surface area contributed by atoms with Gasteiger partial charge in [0.25, 0.3) is 0 Å². The molecule has 6 nitrogen and oxygen atoms in total. The Balaban J connectivity index is 2.37. The second kappa shape index (κ2) is 3.60. The molecule has 0 spiro atoms. The molecule has 0 unspecified atom stereocenters. The Hall–Kier alpha value is -0.660. The largest absolute Gasteiger partial charge is 0.480 e. The van der Waals surface area contributed by atoms with Gasteiger partial charge in [-0.2, -0.15) is 0 Å². The lowest BCUT2D eigenvalue weighted by Crippen LogP contribution is -2.43. The summed E-state index contributed by atoms with van der Waals surface area (Å²) in [6.45, 7) is -0.242. The molecule has 7 heteroatoms. The van der Waals surface area contributed by atoms with Crippen molar-refractivity contribution in [1.29, 1.82) is 0 Å². The first-order valence-corrected chi connectivity index (χ1v) is 5.45. The van der Waals surface area contributed by atoms with Gasteiger partial charge in [0, 0.05) is 6.54 Å². The first-order valence-electron chi connectivity index (χ1n) is 3.90. The molecule has 1 aliphatic rings. The summed E-state index contributed by atoms with van der Waals surface area (Å²) in [5.41, 5.74) is 5.12. The van der Waals surface area contributed by atoms with Crippen molar-refractivity contribution in [2.24, 2.45) is 5.73 Å². The number of aliphatic carboxylic acids is 1. The minimum Gasteiger partial charge on any atom is -0.480 e. The van der Waals surface area contributed by atoms with E-state index < -0.39 is 22.0 Å². The molecule has 1 saturated carbocycles. The van der Waals surface area contributed by atoms with E-state index in [0.717, 1.165) is 0 Å². The van der Waals surface area contributed by atoms with E-state index in [2.05, 4.69) is 4.72 Å². The molecule has 4 N–H and O–H groups in total. The number of sulfonamides is 1. The third kappa shape index (κ3) is 2.94. The highest BCUT2D eigenvalue weighted by Gasteiger charge is 2.35. The average Bonchev–Trinajstić information content (AvgIpc) is 2.81. The lowest BCUT2D eigenvalue weighted by atomic mass is 10.3. The first-order chi connectivity index (χ1) is 5.93. The van der Waals surface area contributed by atoms with Gasteiger partial charge < -0.3 is 10.8 Å². The number of carbonyl (C=O) groups is 1. The highest BCUT2D eigenvalue weighted by molar-refractivity contribution is 7.90. The van der Waals surface area contributed by atoms with Crippen molar-refractivity contribution in [3.8, 4) is 0 Å². The number of hydrogen-bond acceptors (Lipinski definition) is 4. The van der Waals surface area contributed by atoms with E-state index >= 15 is 0 Å². The molecule has 1 atom stereocenters. The zero-order chi connectivity index (χ0) is 10.1. The summed E-state index contributed by atoms with van der Waals surface area (Å²) in [4.78, 5) is 10.2. The van der Waals surface area contributed by atoms with Gasteiger partial charge >= 0.3 is 5.97 Å². The molecule has 13 heavy (non-hydrogen) atoms. The summed E-state index contributed by atoms with van der Waals surface area (Å²) in [7, 11) is -3.31. The van der Waals surface area contributed by atoms with Gasteiger partial charge in [0.1, 0.15) is 6.04 Å². The van der Waals surface area contributed by atoms with Crippen LogP contribution in [-0.2, 0) is 14.8 Å². The molecule has 0 aromatic heterocycles. The monoisotopic (exact) mass is 208 g/mol. The number of carboxylic acids is 1. The lowest BCUT2D eigenvalue weighted by molar-refractivity contribution is -0.138. The molecule has 0 radical (unpaired) electrons. The Morgan fingerprint density at radius 1 is 1.62 bits per heavy atom. The van der Waals surface area contributed by atoms with Crippen molar-refractivity contribution in [3.63, 3.8) is 0 Å². The maximum absolute atomic E-state index is 11.2. The Morgan fingerprint density at radius 2 is 2.15 bits per heavy atom. The topological polar surface area (TPSA) is 109 Å². The molecule has 0 amide bonds. The van der Waals surface area contributed by atoms with Crippen LogP contribution in [0.15, 0.2) is 0 Å². The van der Waals surface area contributed by atoms with Crippen LogP contribution < -0.4 is 10.5 Å². The number of carboxylic acid groups (broad SMARTS) is 1. The number of hydrogen-bond donors (Lipinski definition) is 3. The maximum Gasteiger partial charge on any atom is 0.321 e. The molecule has 0 saturated heterocycles. The van der Waals surface area contributed by atoms with Gasteiger partial charge in [0.05, 0.1) is 5.25 Å². The quantitative estimate of drug-likeness (QED) is 0.508. The van der Waals surface area contributed by atoms with Crippen LogP contribution in [0.5, 0.6) is 0 Å². The van der Waals surface area contributed by atoms with Gasteiger partial charge in [-0.1, -0.05) is 0 Å². The molecule has 0 aromatic carbocycles. The van der Waals surface area contributed by atoms with Crippen LogP contribution in [0.4, 0.5) is 0 Å². The standard InChI is InChI=1S/C6H12N2O4S/c7-5(6(9)10)3-8-13(11,12)4-1-2-4/h4-5,8H,1-3,7H2,(H,9,10)/t5-/m0/s1. The number of nitrogens with two attached hydrogens (primary N) is 1. The smallest absolute Gasteiger partial charge is 0.321 e. The van der Waals surface area contributed by atoms with Gasteiger partial charge in [0.15, 0.2) is 0 Å². The highest BCUT2D eigenvalue weighted by atomic mass is 32.2. The van der Waals surface area contributed by atoms with Crippen LogP contribution >= 0.6 is 0 Å². The fourth-order valence-electron chi connectivity index (χ4n) is 0.789. The summed E-state index contributed by atoms with van der Waals surface area (Å²) in [6.07, 6.45) is 1.30. The van der Waals surface area contributed by atoms with E-state index in [1.807, 2.05) is 0 Å². The molecule has 0 aromatic rings. The molecule has 1 aliphatic carbocycles. The van der Waals surface area contributed by atoms with E-state index in [1.54, 1.807) is 0 Å². The van der Waals surface area contributed by atoms with E-state index in [9.17, 15) is 13.2 Å². The number of nitrogens with one attached hydrogen (secondary N) is 1. The molecular formula is C6H12N2O4S. The minimum atomic E-state index is -3.31. The third-order valence-corrected chi connectivity index (χ3v) is 3.70. The Labute approximate surface area is 76.2 Å². The zero-order valence-electron chi connectivity index (χ0n) is 6.93. The lowest BCUT2D eigenvalue weighted by Gasteiger charge is -2.07. The zero-order valence-corrected chi connectivity index (χ0v) is 7.75. The fraction of sp³-hybridized carbons (Fsp3) is 0.833. The first kappa shape index (κ1) is 10.4. The van der Waals surface area contributed by atoms with E-state index in [4.69, 9.17) is 10.8 Å². The second-order valence-corrected chi connectivity index (χ2v) is 5.08. The second-order valence-electron chi connectivity index (χ2n) is 3.04. The van der Waals surface area contributed by atoms with Crippen molar-refractivity contribution in [2.75, 3.05) is 6.54 Å². The van der Waals surface area contributed by atoms with Crippen LogP contribution in [-0.4, -0.2) is 37.3 Å². The predicted octanol–water partition coefficient (Wildman–Crippen LogP) is -1.52. The van der Waals surface area contributed by atoms with Gasteiger partial charge in [0.2, 0.25) is 10.0 Å².